The Kier molecular flexibility index (Phi) is 4.91. The minimum Gasteiger partial charge on any atom is -0.481 e. The van der Waals surface area contributed by atoms with E-state index < -0.39 is 11.9 Å². The zero-order valence-corrected chi connectivity index (χ0v) is 11.6. The number of carbonyl (C=O) groups is 2. The van der Waals surface area contributed by atoms with Crippen LogP contribution in [-0.4, -0.2) is 39.9 Å². The Labute approximate surface area is 111 Å². The van der Waals surface area contributed by atoms with Gasteiger partial charge in [0, 0.05) is 13.6 Å². The Morgan fingerprint density at radius 2 is 2.11 bits per heavy atom. The molecule has 106 valence electrons. The fourth-order valence-electron chi connectivity index (χ4n) is 1.51. The predicted octanol–water partition coefficient (Wildman–Crippen LogP) is 0.253. The van der Waals surface area contributed by atoms with Crippen molar-refractivity contribution in [1.29, 1.82) is 0 Å². The number of rotatable bonds is 6. The van der Waals surface area contributed by atoms with E-state index in [9.17, 15) is 9.59 Å². The Balaban J connectivity index is 2.44. The average molecular weight is 269 g/mol. The maximum absolute atomic E-state index is 11.5. The number of carbonyl (C=O) groups excluding carboxylic acids is 1. The summed E-state index contributed by atoms with van der Waals surface area (Å²) in [6.45, 7) is 5.10. The fourth-order valence-corrected chi connectivity index (χ4v) is 1.51. The molecule has 1 heterocycles. The lowest BCUT2D eigenvalue weighted by atomic mass is 10.2. The number of hydrogen-bond donors (Lipinski definition) is 2. The van der Waals surface area contributed by atoms with Gasteiger partial charge in [0.1, 0.15) is 5.69 Å². The van der Waals surface area contributed by atoms with E-state index in [1.807, 2.05) is 6.92 Å². The zero-order chi connectivity index (χ0) is 14.6. The highest BCUT2D eigenvalue weighted by atomic mass is 16.5. The molecule has 0 aliphatic rings. The molecule has 0 fully saturated rings. The summed E-state index contributed by atoms with van der Waals surface area (Å²) < 4.78 is 7.08. The van der Waals surface area contributed by atoms with Gasteiger partial charge in [-0.1, -0.05) is 6.92 Å². The summed E-state index contributed by atoms with van der Waals surface area (Å²) in [6.07, 6.45) is 0. The number of amides is 1. The van der Waals surface area contributed by atoms with Gasteiger partial charge in [-0.25, -0.2) is 0 Å². The predicted molar refractivity (Wildman–Crippen MR) is 68.0 cm³/mol. The van der Waals surface area contributed by atoms with Crippen LogP contribution in [0.5, 0.6) is 5.75 Å². The van der Waals surface area contributed by atoms with E-state index in [-0.39, 0.29) is 19.1 Å². The Bertz CT molecular complexity index is 482. The summed E-state index contributed by atoms with van der Waals surface area (Å²) >= 11 is 0. The summed E-state index contributed by atoms with van der Waals surface area (Å²) in [6, 6.07) is 0. The normalized spacial score (nSPS) is 12.0. The number of carboxylic acid groups (broad SMARTS) is 1. The number of aliphatic carboxylic acids is 1. The van der Waals surface area contributed by atoms with E-state index in [1.165, 1.54) is 6.92 Å². The van der Waals surface area contributed by atoms with Gasteiger partial charge < -0.3 is 15.2 Å². The molecule has 1 aromatic rings. The van der Waals surface area contributed by atoms with Gasteiger partial charge >= 0.3 is 5.97 Å². The first-order chi connectivity index (χ1) is 8.82. The monoisotopic (exact) mass is 269 g/mol. The molecule has 1 atom stereocenters. The quantitative estimate of drug-likeness (QED) is 0.772. The summed E-state index contributed by atoms with van der Waals surface area (Å²) in [4.78, 5) is 22.1. The van der Waals surface area contributed by atoms with Crippen LogP contribution in [-0.2, 0) is 16.6 Å². The molecule has 0 spiro atoms. The van der Waals surface area contributed by atoms with Crippen molar-refractivity contribution in [2.24, 2.45) is 13.0 Å². The maximum atomic E-state index is 11.5. The van der Waals surface area contributed by atoms with Gasteiger partial charge in [-0.2, -0.15) is 5.10 Å². The zero-order valence-electron chi connectivity index (χ0n) is 11.6. The standard InChI is InChI=1S/C12H19N3O4/c1-7(12(17)18)5-13-10(16)6-19-11-8(2)14-15(4)9(11)3/h7H,5-6H2,1-4H3,(H,13,16)(H,17,18). The molecule has 0 aromatic carbocycles. The van der Waals surface area contributed by atoms with E-state index in [1.54, 1.807) is 18.7 Å². The van der Waals surface area contributed by atoms with E-state index in [0.29, 0.717) is 11.4 Å². The van der Waals surface area contributed by atoms with Crippen molar-refractivity contribution < 1.29 is 19.4 Å². The Morgan fingerprint density at radius 3 is 2.58 bits per heavy atom. The first-order valence-electron chi connectivity index (χ1n) is 5.95. The van der Waals surface area contributed by atoms with Gasteiger partial charge in [-0.05, 0) is 13.8 Å². The van der Waals surface area contributed by atoms with Crippen molar-refractivity contribution in [3.63, 3.8) is 0 Å². The molecule has 7 heteroatoms. The number of carboxylic acids is 1. The second-order valence-electron chi connectivity index (χ2n) is 4.46. The van der Waals surface area contributed by atoms with Crippen LogP contribution in [0.25, 0.3) is 0 Å². The summed E-state index contributed by atoms with van der Waals surface area (Å²) in [7, 11) is 1.80. The average Bonchev–Trinajstić information content (AvgIpc) is 2.58. The minimum atomic E-state index is -0.944. The highest BCUT2D eigenvalue weighted by Gasteiger charge is 2.14. The molecule has 1 aromatic heterocycles. The Hall–Kier alpha value is -2.05. The summed E-state index contributed by atoms with van der Waals surface area (Å²) in [5, 5.41) is 15.4. The van der Waals surface area contributed by atoms with Crippen LogP contribution in [0, 0.1) is 19.8 Å². The topological polar surface area (TPSA) is 93.5 Å². The van der Waals surface area contributed by atoms with Crippen molar-refractivity contribution in [3.05, 3.63) is 11.4 Å². The van der Waals surface area contributed by atoms with Crippen LogP contribution >= 0.6 is 0 Å². The smallest absolute Gasteiger partial charge is 0.308 e. The van der Waals surface area contributed by atoms with Crippen molar-refractivity contribution in [2.45, 2.75) is 20.8 Å². The number of aryl methyl sites for hydroxylation is 2. The summed E-state index contributed by atoms with van der Waals surface area (Å²) in [5.74, 6) is -1.33. The Morgan fingerprint density at radius 1 is 1.47 bits per heavy atom. The van der Waals surface area contributed by atoms with Gasteiger partial charge in [0.05, 0.1) is 11.6 Å². The van der Waals surface area contributed by atoms with E-state index in [4.69, 9.17) is 9.84 Å². The molecule has 7 nitrogen and oxygen atoms in total. The van der Waals surface area contributed by atoms with Crippen LogP contribution in [0.15, 0.2) is 0 Å². The van der Waals surface area contributed by atoms with Crippen LogP contribution in [0.4, 0.5) is 0 Å². The molecular formula is C12H19N3O4. The largest absolute Gasteiger partial charge is 0.481 e. The third kappa shape index (κ3) is 3.97. The van der Waals surface area contributed by atoms with Gasteiger partial charge in [0.15, 0.2) is 12.4 Å². The third-order valence-electron chi connectivity index (χ3n) is 2.82. The minimum absolute atomic E-state index is 0.0858. The second kappa shape index (κ2) is 6.21. The number of nitrogens with zero attached hydrogens (tertiary/aromatic N) is 2. The molecule has 0 radical (unpaired) electrons. The number of aromatic nitrogens is 2. The highest BCUT2D eigenvalue weighted by Crippen LogP contribution is 2.20. The van der Waals surface area contributed by atoms with Crippen molar-refractivity contribution in [2.75, 3.05) is 13.2 Å². The van der Waals surface area contributed by atoms with Crippen molar-refractivity contribution >= 4 is 11.9 Å². The summed E-state index contributed by atoms with van der Waals surface area (Å²) in [5.41, 5.74) is 1.55. The highest BCUT2D eigenvalue weighted by molar-refractivity contribution is 5.78. The molecule has 0 bridgehead atoms. The first kappa shape index (κ1) is 15.0. The molecule has 0 saturated heterocycles. The van der Waals surface area contributed by atoms with Gasteiger partial charge in [-0.3, -0.25) is 14.3 Å². The van der Waals surface area contributed by atoms with Crippen LogP contribution in [0.3, 0.4) is 0 Å². The lowest BCUT2D eigenvalue weighted by molar-refractivity contribution is -0.141. The lowest BCUT2D eigenvalue weighted by Crippen LogP contribution is -2.34. The van der Waals surface area contributed by atoms with Crippen LogP contribution in [0.1, 0.15) is 18.3 Å². The number of ether oxygens (including phenoxy) is 1. The molecule has 0 aliphatic carbocycles. The SMILES string of the molecule is Cc1nn(C)c(C)c1OCC(=O)NCC(C)C(=O)O. The number of hydrogen-bond acceptors (Lipinski definition) is 4. The van der Waals surface area contributed by atoms with E-state index >= 15 is 0 Å². The van der Waals surface area contributed by atoms with Gasteiger partial charge in [0.2, 0.25) is 0 Å². The van der Waals surface area contributed by atoms with Crippen molar-refractivity contribution in [3.8, 4) is 5.75 Å². The maximum Gasteiger partial charge on any atom is 0.308 e. The molecule has 0 aliphatic heterocycles. The van der Waals surface area contributed by atoms with Crippen LogP contribution < -0.4 is 10.1 Å². The lowest BCUT2D eigenvalue weighted by Gasteiger charge is -2.09. The second-order valence-corrected chi connectivity index (χ2v) is 4.46. The van der Waals surface area contributed by atoms with Gasteiger partial charge in [-0.15, -0.1) is 0 Å². The molecule has 1 rings (SSSR count). The first-order valence-corrected chi connectivity index (χ1v) is 5.95. The molecule has 1 amide bonds. The molecule has 1 unspecified atom stereocenters. The van der Waals surface area contributed by atoms with Crippen molar-refractivity contribution in [1.82, 2.24) is 15.1 Å². The fraction of sp³-hybridized carbons (Fsp3) is 0.583. The van der Waals surface area contributed by atoms with E-state index in [2.05, 4.69) is 10.4 Å². The van der Waals surface area contributed by atoms with E-state index in [0.717, 1.165) is 5.69 Å². The van der Waals surface area contributed by atoms with Crippen LogP contribution in [0.2, 0.25) is 0 Å². The third-order valence-corrected chi connectivity index (χ3v) is 2.82. The molecule has 0 saturated carbocycles. The molecule has 2 N–H and O–H groups in total. The number of nitrogens with one attached hydrogen (secondary N) is 1. The van der Waals surface area contributed by atoms with Gasteiger partial charge in [0.25, 0.3) is 5.91 Å². The molecular weight excluding hydrogens is 250 g/mol. The molecule has 19 heavy (non-hydrogen) atoms.